The molecule has 0 radical (unpaired) electrons. The summed E-state index contributed by atoms with van der Waals surface area (Å²) in [4.78, 5) is 11.5. The van der Waals surface area contributed by atoms with E-state index in [1.165, 1.54) is 16.7 Å². The molecule has 1 aliphatic heterocycles. The Morgan fingerprint density at radius 1 is 0.958 bits per heavy atom. The minimum absolute atomic E-state index is 0.810. The molecule has 3 aromatic rings. The minimum Gasteiger partial charge on any atom is -0.495 e. The first-order valence-electron chi connectivity index (χ1n) is 8.10. The van der Waals surface area contributed by atoms with Crippen LogP contribution in [0.1, 0.15) is 16.7 Å². The average Bonchev–Trinajstić information content (AvgIpc) is 2.78. The van der Waals surface area contributed by atoms with E-state index in [9.17, 15) is 0 Å². The Morgan fingerprint density at radius 3 is 2.62 bits per heavy atom. The molecule has 2 aromatic heterocycles. The highest BCUT2D eigenvalue weighted by Gasteiger charge is 2.26. The molecule has 1 aliphatic rings. The van der Waals surface area contributed by atoms with Gasteiger partial charge in [-0.05, 0) is 54.7 Å². The molecule has 0 aliphatic carbocycles. The van der Waals surface area contributed by atoms with Gasteiger partial charge in [0.2, 0.25) is 0 Å². The number of pyridine rings is 2. The second-order valence-corrected chi connectivity index (χ2v) is 5.99. The molecule has 0 spiro atoms. The van der Waals surface area contributed by atoms with Crippen molar-refractivity contribution in [1.29, 1.82) is 0 Å². The maximum Gasteiger partial charge on any atom is 0.142 e. The van der Waals surface area contributed by atoms with Crippen molar-refractivity contribution in [3.05, 3.63) is 71.5 Å². The van der Waals surface area contributed by atoms with Crippen molar-refractivity contribution < 1.29 is 4.74 Å². The molecule has 4 heteroatoms. The topological polar surface area (TPSA) is 38.2 Å². The fraction of sp³-hybridized carbons (Fsp3) is 0.200. The zero-order chi connectivity index (χ0) is 16.5. The molecule has 0 atom stereocenters. The Bertz CT molecular complexity index is 892. The monoisotopic (exact) mass is 317 g/mol. The van der Waals surface area contributed by atoms with Crippen molar-refractivity contribution in [3.8, 4) is 5.75 Å². The number of aromatic nitrogens is 2. The Hall–Kier alpha value is -2.88. The largest absolute Gasteiger partial charge is 0.495 e. The summed E-state index contributed by atoms with van der Waals surface area (Å²) in [6, 6.07) is 14.4. The first-order chi connectivity index (χ1) is 11.8. The number of benzene rings is 1. The number of hydrogen-bond donors (Lipinski definition) is 0. The lowest BCUT2D eigenvalue weighted by Crippen LogP contribution is -2.15. The fourth-order valence-corrected chi connectivity index (χ4v) is 3.25. The number of nitrogens with zero attached hydrogens (tertiary/aromatic N) is 3. The lowest BCUT2D eigenvalue weighted by Gasteiger charge is -2.26. The van der Waals surface area contributed by atoms with Crippen LogP contribution in [0.25, 0.3) is 0 Å². The van der Waals surface area contributed by atoms with E-state index in [-0.39, 0.29) is 0 Å². The molecule has 0 fully saturated rings. The van der Waals surface area contributed by atoms with Gasteiger partial charge in [0.05, 0.1) is 12.8 Å². The summed E-state index contributed by atoms with van der Waals surface area (Å²) >= 11 is 0. The third-order valence-corrected chi connectivity index (χ3v) is 4.36. The molecule has 1 aromatic carbocycles. The third-order valence-electron chi connectivity index (χ3n) is 4.36. The molecule has 0 saturated carbocycles. The van der Waals surface area contributed by atoms with Gasteiger partial charge in [-0.25, -0.2) is 9.97 Å². The van der Waals surface area contributed by atoms with Crippen LogP contribution in [0.2, 0.25) is 0 Å². The molecular formula is C20H19N3O. The third kappa shape index (κ3) is 2.40. The Labute approximate surface area is 141 Å². The van der Waals surface area contributed by atoms with Gasteiger partial charge in [0.25, 0.3) is 0 Å². The molecule has 4 rings (SSSR count). The lowest BCUT2D eigenvalue weighted by molar-refractivity contribution is 0.416. The molecule has 24 heavy (non-hydrogen) atoms. The van der Waals surface area contributed by atoms with Crippen LogP contribution in [0.4, 0.5) is 17.3 Å². The summed E-state index contributed by atoms with van der Waals surface area (Å²) in [5, 5.41) is 0. The fourth-order valence-electron chi connectivity index (χ4n) is 3.25. The van der Waals surface area contributed by atoms with Crippen molar-refractivity contribution in [1.82, 2.24) is 9.97 Å². The van der Waals surface area contributed by atoms with Gasteiger partial charge < -0.3 is 4.74 Å². The molecular weight excluding hydrogens is 298 g/mol. The van der Waals surface area contributed by atoms with Gasteiger partial charge in [-0.15, -0.1) is 0 Å². The van der Waals surface area contributed by atoms with E-state index in [0.29, 0.717) is 0 Å². The molecule has 0 amide bonds. The highest BCUT2D eigenvalue weighted by molar-refractivity contribution is 5.80. The Balaban J connectivity index is 2.00. The molecule has 0 unspecified atom stereocenters. The first kappa shape index (κ1) is 14.7. The van der Waals surface area contributed by atoms with E-state index >= 15 is 0 Å². The van der Waals surface area contributed by atoms with Crippen LogP contribution in [0, 0.1) is 6.92 Å². The van der Waals surface area contributed by atoms with E-state index in [1.807, 2.05) is 42.7 Å². The van der Waals surface area contributed by atoms with Gasteiger partial charge in [0.1, 0.15) is 17.4 Å². The van der Waals surface area contributed by atoms with Crippen LogP contribution < -0.4 is 9.64 Å². The molecule has 0 bridgehead atoms. The summed E-state index contributed by atoms with van der Waals surface area (Å²) in [6.45, 7) is 2.08. The number of ether oxygens (including phenoxy) is 1. The van der Waals surface area contributed by atoms with Gasteiger partial charge >= 0.3 is 0 Å². The van der Waals surface area contributed by atoms with Gasteiger partial charge in [0.15, 0.2) is 0 Å². The van der Waals surface area contributed by atoms with Gasteiger partial charge in [-0.1, -0.05) is 24.3 Å². The summed E-state index contributed by atoms with van der Waals surface area (Å²) in [7, 11) is 1.69. The standard InChI is InChI=1S/C20H19N3O/c1-14-12-16-10-9-15-6-5-11-21-19(15)23(20(16)22-13-14)17-7-3-4-8-18(17)24-2/h3-8,11-13H,9-10H2,1-2H3. The van der Waals surface area contributed by atoms with Crippen molar-refractivity contribution in [3.63, 3.8) is 0 Å². The summed E-state index contributed by atoms with van der Waals surface area (Å²) < 4.78 is 5.60. The maximum atomic E-state index is 5.60. The van der Waals surface area contributed by atoms with E-state index in [1.54, 1.807) is 7.11 Å². The predicted octanol–water partition coefficient (Wildman–Crippen LogP) is 4.36. The van der Waals surface area contributed by atoms with Crippen LogP contribution in [-0.2, 0) is 12.8 Å². The van der Waals surface area contributed by atoms with Crippen LogP contribution in [0.3, 0.4) is 0 Å². The van der Waals surface area contributed by atoms with Crippen LogP contribution in [0.15, 0.2) is 54.9 Å². The number of aryl methyl sites for hydroxylation is 3. The number of fused-ring (bicyclic) bond motifs is 2. The summed E-state index contributed by atoms with van der Waals surface area (Å²) in [5.41, 5.74) is 4.59. The lowest BCUT2D eigenvalue weighted by atomic mass is 10.1. The number of anilines is 3. The van der Waals surface area contributed by atoms with Crippen molar-refractivity contribution in [2.45, 2.75) is 19.8 Å². The maximum absolute atomic E-state index is 5.60. The quantitative estimate of drug-likeness (QED) is 0.704. The van der Waals surface area contributed by atoms with E-state index in [4.69, 9.17) is 9.72 Å². The van der Waals surface area contributed by atoms with Gasteiger partial charge in [-0.2, -0.15) is 0 Å². The second kappa shape index (κ2) is 5.96. The normalized spacial score (nSPS) is 13.0. The van der Waals surface area contributed by atoms with E-state index in [2.05, 4.69) is 28.9 Å². The Morgan fingerprint density at radius 2 is 1.75 bits per heavy atom. The van der Waals surface area contributed by atoms with Crippen molar-refractivity contribution >= 4 is 17.3 Å². The van der Waals surface area contributed by atoms with Gasteiger partial charge in [0, 0.05) is 12.4 Å². The highest BCUT2D eigenvalue weighted by Crippen LogP contribution is 2.42. The zero-order valence-electron chi connectivity index (χ0n) is 13.9. The molecule has 120 valence electrons. The Kier molecular flexibility index (Phi) is 3.65. The summed E-state index contributed by atoms with van der Waals surface area (Å²) in [6.07, 6.45) is 5.65. The van der Waals surface area contributed by atoms with Crippen molar-refractivity contribution in [2.24, 2.45) is 0 Å². The zero-order valence-corrected chi connectivity index (χ0v) is 13.9. The molecule has 0 saturated heterocycles. The van der Waals surface area contributed by atoms with Crippen LogP contribution >= 0.6 is 0 Å². The molecule has 0 N–H and O–H groups in total. The van der Waals surface area contributed by atoms with E-state index in [0.717, 1.165) is 35.9 Å². The number of para-hydroxylation sites is 2. The van der Waals surface area contributed by atoms with Crippen LogP contribution in [-0.4, -0.2) is 17.1 Å². The van der Waals surface area contributed by atoms with Crippen LogP contribution in [0.5, 0.6) is 5.75 Å². The van der Waals surface area contributed by atoms with Crippen molar-refractivity contribution in [2.75, 3.05) is 12.0 Å². The molecule has 3 heterocycles. The minimum atomic E-state index is 0.810. The molecule has 4 nitrogen and oxygen atoms in total. The second-order valence-electron chi connectivity index (χ2n) is 5.99. The number of hydrogen-bond acceptors (Lipinski definition) is 4. The smallest absolute Gasteiger partial charge is 0.142 e. The predicted molar refractivity (Wildman–Crippen MR) is 95.4 cm³/mol. The summed E-state index contributed by atoms with van der Waals surface area (Å²) in [5.74, 6) is 2.67. The van der Waals surface area contributed by atoms with Gasteiger partial charge in [-0.3, -0.25) is 4.90 Å². The van der Waals surface area contributed by atoms with E-state index < -0.39 is 0 Å². The number of rotatable bonds is 2. The highest BCUT2D eigenvalue weighted by atomic mass is 16.5. The SMILES string of the molecule is COc1ccccc1N1c2ncccc2CCc2cc(C)cnc21. The average molecular weight is 317 g/mol. The first-order valence-corrected chi connectivity index (χ1v) is 8.10. The number of methoxy groups -OCH3 is 1.